The summed E-state index contributed by atoms with van der Waals surface area (Å²) in [5, 5.41) is 3.25. The fraction of sp³-hybridized carbons (Fsp3) is 0.200. The fourth-order valence-electron chi connectivity index (χ4n) is 1.68. The minimum Gasteiger partial charge on any atom is -0.479 e. The third-order valence-corrected chi connectivity index (χ3v) is 3.01. The number of anilines is 1. The molecule has 0 spiro atoms. The zero-order valence-electron chi connectivity index (χ0n) is 11.0. The standard InChI is InChI=1S/C15H15ClN2O2/c1-2-13(20-14-8-4-3-7-12(14)16)15(19)18-11-6-5-9-17-10-11/h3-10,13H,2H2,1H3,(H,18,19)/t13-/m1/s1. The molecule has 4 nitrogen and oxygen atoms in total. The van der Waals surface area contributed by atoms with E-state index < -0.39 is 6.10 Å². The monoisotopic (exact) mass is 290 g/mol. The Hall–Kier alpha value is -2.07. The van der Waals surface area contributed by atoms with Gasteiger partial charge in [0.2, 0.25) is 0 Å². The van der Waals surface area contributed by atoms with Crippen LogP contribution < -0.4 is 10.1 Å². The van der Waals surface area contributed by atoms with Crippen LogP contribution in [0.4, 0.5) is 5.69 Å². The predicted molar refractivity (Wildman–Crippen MR) is 79.0 cm³/mol. The summed E-state index contributed by atoms with van der Waals surface area (Å²) in [5.41, 5.74) is 0.638. The molecule has 0 saturated heterocycles. The minimum absolute atomic E-state index is 0.222. The van der Waals surface area contributed by atoms with Crippen LogP contribution in [-0.2, 0) is 4.79 Å². The third-order valence-electron chi connectivity index (χ3n) is 2.70. The molecule has 1 atom stereocenters. The first-order chi connectivity index (χ1) is 9.70. The number of nitrogens with zero attached hydrogens (tertiary/aromatic N) is 1. The van der Waals surface area contributed by atoms with Crippen molar-refractivity contribution < 1.29 is 9.53 Å². The van der Waals surface area contributed by atoms with Gasteiger partial charge in [0.05, 0.1) is 16.9 Å². The second kappa shape index (κ2) is 6.91. The quantitative estimate of drug-likeness (QED) is 0.916. The molecule has 1 aromatic heterocycles. The molecule has 0 aliphatic carbocycles. The normalized spacial score (nSPS) is 11.7. The lowest BCUT2D eigenvalue weighted by atomic mass is 10.2. The van der Waals surface area contributed by atoms with Crippen molar-refractivity contribution in [2.45, 2.75) is 19.4 Å². The molecule has 1 amide bonds. The molecule has 2 aromatic rings. The highest BCUT2D eigenvalue weighted by atomic mass is 35.5. The summed E-state index contributed by atoms with van der Waals surface area (Å²) in [5.74, 6) is 0.280. The van der Waals surface area contributed by atoms with Crippen LogP contribution >= 0.6 is 11.6 Å². The van der Waals surface area contributed by atoms with E-state index in [1.165, 1.54) is 0 Å². The average molecular weight is 291 g/mol. The van der Waals surface area contributed by atoms with Crippen LogP contribution in [0, 0.1) is 0 Å². The zero-order valence-corrected chi connectivity index (χ0v) is 11.8. The number of rotatable bonds is 5. The van der Waals surface area contributed by atoms with Crippen LogP contribution in [0.15, 0.2) is 48.8 Å². The molecule has 0 fully saturated rings. The second-order valence-corrected chi connectivity index (χ2v) is 4.58. The van der Waals surface area contributed by atoms with E-state index in [0.29, 0.717) is 22.9 Å². The van der Waals surface area contributed by atoms with Gasteiger partial charge in [0.25, 0.3) is 5.91 Å². The Bertz CT molecular complexity index is 575. The molecule has 2 rings (SSSR count). The number of hydrogen-bond donors (Lipinski definition) is 1. The van der Waals surface area contributed by atoms with Gasteiger partial charge < -0.3 is 10.1 Å². The molecule has 0 saturated carbocycles. The Morgan fingerprint density at radius 1 is 1.35 bits per heavy atom. The van der Waals surface area contributed by atoms with Crippen molar-refractivity contribution in [3.8, 4) is 5.75 Å². The Morgan fingerprint density at radius 3 is 2.80 bits per heavy atom. The molecule has 5 heteroatoms. The summed E-state index contributed by atoms with van der Waals surface area (Å²) in [6.45, 7) is 1.88. The van der Waals surface area contributed by atoms with E-state index in [1.807, 2.05) is 19.1 Å². The van der Waals surface area contributed by atoms with Crippen molar-refractivity contribution in [1.82, 2.24) is 4.98 Å². The number of para-hydroxylation sites is 1. The highest BCUT2D eigenvalue weighted by molar-refractivity contribution is 6.32. The Labute approximate surface area is 122 Å². The number of aromatic nitrogens is 1. The number of halogens is 1. The molecule has 0 radical (unpaired) electrons. The Balaban J connectivity index is 2.05. The van der Waals surface area contributed by atoms with Crippen molar-refractivity contribution in [2.75, 3.05) is 5.32 Å². The molecule has 1 heterocycles. The summed E-state index contributed by atoms with van der Waals surface area (Å²) in [7, 11) is 0. The van der Waals surface area contributed by atoms with E-state index >= 15 is 0 Å². The van der Waals surface area contributed by atoms with E-state index in [4.69, 9.17) is 16.3 Å². The Morgan fingerprint density at radius 2 is 2.15 bits per heavy atom. The van der Waals surface area contributed by atoms with Crippen LogP contribution in [0.5, 0.6) is 5.75 Å². The lowest BCUT2D eigenvalue weighted by Crippen LogP contribution is -2.32. The van der Waals surface area contributed by atoms with Gasteiger partial charge in [-0.15, -0.1) is 0 Å². The van der Waals surface area contributed by atoms with Gasteiger partial charge in [-0.3, -0.25) is 9.78 Å². The number of benzene rings is 1. The van der Waals surface area contributed by atoms with Gasteiger partial charge in [-0.05, 0) is 30.7 Å². The molecule has 1 N–H and O–H groups in total. The van der Waals surface area contributed by atoms with E-state index in [1.54, 1.807) is 36.7 Å². The highest BCUT2D eigenvalue weighted by Gasteiger charge is 2.19. The molecule has 0 unspecified atom stereocenters. The SMILES string of the molecule is CC[C@@H](Oc1ccccc1Cl)C(=O)Nc1cccnc1. The molecule has 0 bridgehead atoms. The summed E-state index contributed by atoms with van der Waals surface area (Å²) in [4.78, 5) is 16.1. The van der Waals surface area contributed by atoms with Gasteiger partial charge in [0.1, 0.15) is 5.75 Å². The maximum absolute atomic E-state index is 12.2. The molecule has 20 heavy (non-hydrogen) atoms. The first kappa shape index (κ1) is 14.3. The van der Waals surface area contributed by atoms with Crippen LogP contribution in [0.2, 0.25) is 5.02 Å². The van der Waals surface area contributed by atoms with Gasteiger partial charge in [0.15, 0.2) is 6.10 Å². The number of ether oxygens (including phenoxy) is 1. The van der Waals surface area contributed by atoms with Crippen molar-refractivity contribution >= 4 is 23.2 Å². The summed E-state index contributed by atoms with van der Waals surface area (Å²) in [6.07, 6.45) is 3.17. The van der Waals surface area contributed by atoms with Gasteiger partial charge in [-0.2, -0.15) is 0 Å². The van der Waals surface area contributed by atoms with Crippen LogP contribution in [0.3, 0.4) is 0 Å². The highest BCUT2D eigenvalue weighted by Crippen LogP contribution is 2.25. The van der Waals surface area contributed by atoms with E-state index in [-0.39, 0.29) is 5.91 Å². The van der Waals surface area contributed by atoms with Gasteiger partial charge in [-0.25, -0.2) is 0 Å². The zero-order chi connectivity index (χ0) is 14.4. The van der Waals surface area contributed by atoms with E-state index in [9.17, 15) is 4.79 Å². The molecule has 0 aliphatic rings. The third kappa shape index (κ3) is 3.71. The van der Waals surface area contributed by atoms with E-state index in [0.717, 1.165) is 0 Å². The topological polar surface area (TPSA) is 51.2 Å². The summed E-state index contributed by atoms with van der Waals surface area (Å²) in [6, 6.07) is 10.6. The Kier molecular flexibility index (Phi) is 4.96. The van der Waals surface area contributed by atoms with Crippen molar-refractivity contribution in [3.63, 3.8) is 0 Å². The number of amides is 1. The van der Waals surface area contributed by atoms with Gasteiger partial charge in [0, 0.05) is 6.20 Å². The fourth-order valence-corrected chi connectivity index (χ4v) is 1.86. The smallest absolute Gasteiger partial charge is 0.265 e. The van der Waals surface area contributed by atoms with Crippen molar-refractivity contribution in [2.24, 2.45) is 0 Å². The maximum Gasteiger partial charge on any atom is 0.265 e. The molecular formula is C15H15ClN2O2. The predicted octanol–water partition coefficient (Wildman–Crippen LogP) is 3.53. The number of hydrogen-bond acceptors (Lipinski definition) is 3. The number of carbonyl (C=O) groups excluding carboxylic acids is 1. The minimum atomic E-state index is -0.602. The molecular weight excluding hydrogens is 276 g/mol. The first-order valence-electron chi connectivity index (χ1n) is 6.32. The van der Waals surface area contributed by atoms with Gasteiger partial charge >= 0.3 is 0 Å². The molecule has 104 valence electrons. The number of nitrogens with one attached hydrogen (secondary N) is 1. The van der Waals surface area contributed by atoms with Crippen LogP contribution in [0.25, 0.3) is 0 Å². The largest absolute Gasteiger partial charge is 0.479 e. The molecule has 0 aliphatic heterocycles. The summed E-state index contributed by atoms with van der Waals surface area (Å²) >= 11 is 6.02. The number of carbonyl (C=O) groups is 1. The average Bonchev–Trinajstić information content (AvgIpc) is 2.47. The lowest BCUT2D eigenvalue weighted by molar-refractivity contribution is -0.122. The maximum atomic E-state index is 12.2. The van der Waals surface area contributed by atoms with Crippen LogP contribution in [0.1, 0.15) is 13.3 Å². The van der Waals surface area contributed by atoms with E-state index in [2.05, 4.69) is 10.3 Å². The molecule has 1 aromatic carbocycles. The lowest BCUT2D eigenvalue weighted by Gasteiger charge is -2.17. The summed E-state index contributed by atoms with van der Waals surface area (Å²) < 4.78 is 5.66. The van der Waals surface area contributed by atoms with Crippen molar-refractivity contribution in [3.05, 3.63) is 53.8 Å². The van der Waals surface area contributed by atoms with Crippen LogP contribution in [-0.4, -0.2) is 17.0 Å². The number of pyridine rings is 1. The van der Waals surface area contributed by atoms with Gasteiger partial charge in [-0.1, -0.05) is 30.7 Å². The first-order valence-corrected chi connectivity index (χ1v) is 6.70. The second-order valence-electron chi connectivity index (χ2n) is 4.18. The van der Waals surface area contributed by atoms with Crippen molar-refractivity contribution in [1.29, 1.82) is 0 Å².